The van der Waals surface area contributed by atoms with Crippen molar-refractivity contribution in [3.63, 3.8) is 0 Å². The number of ether oxygens (including phenoxy) is 1. The Kier molecular flexibility index (Phi) is 4.23. The number of primary amides is 1. The van der Waals surface area contributed by atoms with E-state index in [9.17, 15) is 4.79 Å². The molecule has 0 atom stereocenters. The third kappa shape index (κ3) is 3.35. The largest absolute Gasteiger partial charge is 0.383 e. The molecule has 0 saturated heterocycles. The van der Waals surface area contributed by atoms with Crippen LogP contribution in [0.1, 0.15) is 10.5 Å². The molecule has 1 rings (SSSR count). The van der Waals surface area contributed by atoms with Gasteiger partial charge in [-0.1, -0.05) is 5.22 Å². The summed E-state index contributed by atoms with van der Waals surface area (Å²) in [6, 6.07) is 0. The van der Waals surface area contributed by atoms with Crippen molar-refractivity contribution in [3.05, 3.63) is 12.0 Å². The molecule has 0 aliphatic rings. The Morgan fingerprint density at radius 2 is 2.60 bits per heavy atom. The van der Waals surface area contributed by atoms with Crippen LogP contribution < -0.4 is 11.2 Å². The molecule has 0 saturated carbocycles. The number of nitrogens with zero attached hydrogens (tertiary/aromatic N) is 3. The van der Waals surface area contributed by atoms with Gasteiger partial charge < -0.3 is 15.5 Å². The van der Waals surface area contributed by atoms with E-state index in [1.807, 2.05) is 0 Å². The minimum atomic E-state index is -0.609. The Balaban J connectivity index is 2.46. The number of anilines is 1. The lowest BCUT2D eigenvalue weighted by atomic mass is 10.4. The normalized spacial score (nSPS) is 10.7. The monoisotopic (exact) mass is 212 g/mol. The molecule has 1 amide bonds. The Morgan fingerprint density at radius 1 is 1.80 bits per heavy atom. The number of carbonyl (C=O) groups is 1. The predicted octanol–water partition coefficient (Wildman–Crippen LogP) is -0.0659. The Hall–Kier alpha value is -1.96. The van der Waals surface area contributed by atoms with E-state index in [1.54, 1.807) is 7.11 Å². The minimum absolute atomic E-state index is 0.167. The highest BCUT2D eigenvalue weighted by atomic mass is 16.5. The van der Waals surface area contributed by atoms with Crippen molar-refractivity contribution >= 4 is 11.7 Å². The number of methoxy groups -OCH3 is 1. The van der Waals surface area contributed by atoms with E-state index in [0.29, 0.717) is 13.2 Å². The molecule has 0 spiro atoms. The van der Waals surface area contributed by atoms with Gasteiger partial charge in [-0.3, -0.25) is 4.79 Å². The molecule has 0 unspecified atom stereocenters. The van der Waals surface area contributed by atoms with Gasteiger partial charge in [-0.05, 0) is 0 Å². The van der Waals surface area contributed by atoms with Crippen molar-refractivity contribution in [2.75, 3.05) is 25.7 Å². The van der Waals surface area contributed by atoms with Crippen molar-refractivity contribution in [1.82, 2.24) is 9.97 Å². The average Bonchev–Trinajstić information content (AvgIpc) is 2.66. The van der Waals surface area contributed by atoms with Crippen LogP contribution in [0.5, 0.6) is 0 Å². The molecule has 1 aromatic rings. The van der Waals surface area contributed by atoms with Crippen LogP contribution in [0.4, 0.5) is 5.82 Å². The first-order valence-electron chi connectivity index (χ1n) is 4.20. The topological polar surface area (TPSA) is 118 Å². The summed E-state index contributed by atoms with van der Waals surface area (Å²) < 4.78 is 4.76. The van der Waals surface area contributed by atoms with Crippen LogP contribution in [-0.2, 0) is 4.74 Å². The van der Waals surface area contributed by atoms with Gasteiger partial charge >= 0.3 is 0 Å². The summed E-state index contributed by atoms with van der Waals surface area (Å²) in [5, 5.41) is 7.32. The number of aromatic nitrogens is 2. The summed E-state index contributed by atoms with van der Waals surface area (Å²) >= 11 is 0. The summed E-state index contributed by atoms with van der Waals surface area (Å²) in [7, 11) is 1.57. The fourth-order valence-corrected chi connectivity index (χ4v) is 0.832. The SMILES string of the molecule is COCCN=NNc1nc[nH]c1C(N)=O. The molecule has 82 valence electrons. The maximum atomic E-state index is 10.8. The van der Waals surface area contributed by atoms with Gasteiger partial charge in [-0.2, -0.15) is 5.11 Å². The van der Waals surface area contributed by atoms with E-state index in [2.05, 4.69) is 25.7 Å². The van der Waals surface area contributed by atoms with E-state index in [4.69, 9.17) is 10.5 Å². The molecule has 0 radical (unpaired) electrons. The lowest BCUT2D eigenvalue weighted by Gasteiger charge is -1.96. The Morgan fingerprint density at radius 3 is 3.27 bits per heavy atom. The van der Waals surface area contributed by atoms with Gasteiger partial charge in [0.1, 0.15) is 5.69 Å². The third-order valence-electron chi connectivity index (χ3n) is 1.51. The lowest BCUT2D eigenvalue weighted by Crippen LogP contribution is -2.13. The Bertz CT molecular complexity index is 347. The predicted molar refractivity (Wildman–Crippen MR) is 52.3 cm³/mol. The molecule has 1 heterocycles. The van der Waals surface area contributed by atoms with Crippen molar-refractivity contribution in [3.8, 4) is 0 Å². The smallest absolute Gasteiger partial charge is 0.269 e. The number of imidazole rings is 1. The van der Waals surface area contributed by atoms with Gasteiger partial charge in [0.05, 0.1) is 19.5 Å². The third-order valence-corrected chi connectivity index (χ3v) is 1.51. The zero-order valence-corrected chi connectivity index (χ0v) is 8.23. The van der Waals surface area contributed by atoms with Crippen LogP contribution >= 0.6 is 0 Å². The standard InChI is InChI=1S/C7H12N6O2/c1-15-3-2-11-13-12-7-5(6(8)14)9-4-10-7/h4H,2-3H2,1H3,(H2,8,14)(H,9,10)(H,11,12). The summed E-state index contributed by atoms with van der Waals surface area (Å²) in [4.78, 5) is 17.2. The summed E-state index contributed by atoms with van der Waals surface area (Å²) in [6.45, 7) is 0.911. The summed E-state index contributed by atoms with van der Waals surface area (Å²) in [5.41, 5.74) is 7.73. The number of aromatic amines is 1. The van der Waals surface area contributed by atoms with Gasteiger partial charge in [0.25, 0.3) is 5.91 Å². The second-order valence-electron chi connectivity index (χ2n) is 2.56. The van der Waals surface area contributed by atoms with E-state index < -0.39 is 5.91 Å². The molecule has 0 fully saturated rings. The van der Waals surface area contributed by atoms with Crippen LogP contribution in [0.25, 0.3) is 0 Å². The quantitative estimate of drug-likeness (QED) is 0.347. The van der Waals surface area contributed by atoms with Crippen LogP contribution in [0, 0.1) is 0 Å². The number of nitrogens with two attached hydrogens (primary N) is 1. The highest BCUT2D eigenvalue weighted by Crippen LogP contribution is 2.07. The first kappa shape index (κ1) is 11.1. The van der Waals surface area contributed by atoms with Gasteiger partial charge in [0, 0.05) is 7.11 Å². The molecule has 8 heteroatoms. The van der Waals surface area contributed by atoms with E-state index >= 15 is 0 Å². The minimum Gasteiger partial charge on any atom is -0.383 e. The van der Waals surface area contributed by atoms with Crippen LogP contribution in [-0.4, -0.2) is 36.1 Å². The first-order valence-corrected chi connectivity index (χ1v) is 4.20. The fourth-order valence-electron chi connectivity index (χ4n) is 0.832. The van der Waals surface area contributed by atoms with Gasteiger partial charge in [0.2, 0.25) is 0 Å². The first-order chi connectivity index (χ1) is 7.25. The highest BCUT2D eigenvalue weighted by Gasteiger charge is 2.09. The number of carbonyl (C=O) groups excluding carboxylic acids is 1. The molecule has 4 N–H and O–H groups in total. The number of hydrogen-bond donors (Lipinski definition) is 3. The number of nitrogens with one attached hydrogen (secondary N) is 2. The van der Waals surface area contributed by atoms with E-state index in [-0.39, 0.29) is 11.5 Å². The number of hydrogen-bond acceptors (Lipinski definition) is 5. The maximum Gasteiger partial charge on any atom is 0.269 e. The van der Waals surface area contributed by atoms with E-state index in [1.165, 1.54) is 6.33 Å². The molecule has 0 aromatic carbocycles. The number of H-pyrrole nitrogens is 1. The maximum absolute atomic E-state index is 10.8. The molecule has 0 aliphatic carbocycles. The van der Waals surface area contributed by atoms with Gasteiger partial charge in [0.15, 0.2) is 5.82 Å². The van der Waals surface area contributed by atoms with Crippen LogP contribution in [0.3, 0.4) is 0 Å². The molecule has 0 bridgehead atoms. The Labute approximate surface area is 85.9 Å². The summed E-state index contributed by atoms with van der Waals surface area (Å²) in [5.74, 6) is -0.356. The molecular formula is C7H12N6O2. The number of rotatable bonds is 6. The molecule has 15 heavy (non-hydrogen) atoms. The van der Waals surface area contributed by atoms with Crippen LogP contribution in [0.15, 0.2) is 16.7 Å². The molecule has 0 aliphatic heterocycles. The second kappa shape index (κ2) is 5.70. The van der Waals surface area contributed by atoms with Crippen molar-refractivity contribution < 1.29 is 9.53 Å². The summed E-state index contributed by atoms with van der Waals surface area (Å²) in [6.07, 6.45) is 1.34. The lowest BCUT2D eigenvalue weighted by molar-refractivity contribution is 0.0997. The van der Waals surface area contributed by atoms with Crippen molar-refractivity contribution in [1.29, 1.82) is 0 Å². The van der Waals surface area contributed by atoms with Gasteiger partial charge in [-0.25, -0.2) is 10.4 Å². The molecule has 8 nitrogen and oxygen atoms in total. The molecule has 1 aromatic heterocycles. The van der Waals surface area contributed by atoms with Crippen molar-refractivity contribution in [2.45, 2.75) is 0 Å². The zero-order valence-electron chi connectivity index (χ0n) is 8.23. The fraction of sp³-hybridized carbons (Fsp3) is 0.429. The molecular weight excluding hydrogens is 200 g/mol. The van der Waals surface area contributed by atoms with Crippen LogP contribution in [0.2, 0.25) is 0 Å². The average molecular weight is 212 g/mol. The highest BCUT2D eigenvalue weighted by molar-refractivity contribution is 5.95. The van der Waals surface area contributed by atoms with Gasteiger partial charge in [-0.15, -0.1) is 0 Å². The van der Waals surface area contributed by atoms with Crippen molar-refractivity contribution in [2.24, 2.45) is 16.1 Å². The zero-order chi connectivity index (χ0) is 11.1. The number of amides is 1. The van der Waals surface area contributed by atoms with E-state index in [0.717, 1.165) is 0 Å². The second-order valence-corrected chi connectivity index (χ2v) is 2.56.